The molecule has 2 aliphatic heterocycles. The van der Waals surface area contributed by atoms with Gasteiger partial charge in [-0.1, -0.05) is 48.0 Å². The summed E-state index contributed by atoms with van der Waals surface area (Å²) < 4.78 is 13.3. The molecule has 2 heteroatoms. The van der Waals surface area contributed by atoms with E-state index in [1.165, 1.54) is 29.5 Å². The van der Waals surface area contributed by atoms with Crippen LogP contribution in [0.2, 0.25) is 0 Å². The molecular formula is C22H24FN. The highest BCUT2D eigenvalue weighted by molar-refractivity contribution is 5.32. The van der Waals surface area contributed by atoms with Crippen molar-refractivity contribution < 1.29 is 4.39 Å². The SMILES string of the molecule is Cc1cc(F)ccc1CC1=CC2CCC(C1)N2Cc1ccccc1. The largest absolute Gasteiger partial charge is 0.289 e. The molecule has 2 heterocycles. The van der Waals surface area contributed by atoms with Gasteiger partial charge in [-0.15, -0.1) is 0 Å². The van der Waals surface area contributed by atoms with Crippen LogP contribution in [0.25, 0.3) is 0 Å². The zero-order valence-corrected chi connectivity index (χ0v) is 14.2. The minimum absolute atomic E-state index is 0.136. The van der Waals surface area contributed by atoms with Crippen LogP contribution in [-0.4, -0.2) is 17.0 Å². The fourth-order valence-corrected chi connectivity index (χ4v) is 4.28. The highest BCUT2D eigenvalue weighted by Gasteiger charge is 2.36. The number of benzene rings is 2. The quantitative estimate of drug-likeness (QED) is 0.713. The van der Waals surface area contributed by atoms with Crippen molar-refractivity contribution in [2.24, 2.45) is 0 Å². The average Bonchev–Trinajstić information content (AvgIpc) is 2.81. The molecule has 0 radical (unpaired) electrons. The van der Waals surface area contributed by atoms with Gasteiger partial charge in [-0.05, 0) is 61.4 Å². The number of fused-ring (bicyclic) bond motifs is 2. The lowest BCUT2D eigenvalue weighted by molar-refractivity contribution is 0.194. The van der Waals surface area contributed by atoms with Gasteiger partial charge in [-0.2, -0.15) is 0 Å². The van der Waals surface area contributed by atoms with Crippen LogP contribution in [0, 0.1) is 12.7 Å². The van der Waals surface area contributed by atoms with E-state index in [1.807, 2.05) is 13.0 Å². The summed E-state index contributed by atoms with van der Waals surface area (Å²) in [5, 5.41) is 0. The zero-order valence-electron chi connectivity index (χ0n) is 14.2. The fourth-order valence-electron chi connectivity index (χ4n) is 4.28. The number of rotatable bonds is 4. The number of hydrogen-bond acceptors (Lipinski definition) is 1. The number of halogens is 1. The smallest absolute Gasteiger partial charge is 0.123 e. The van der Waals surface area contributed by atoms with Gasteiger partial charge in [0.2, 0.25) is 0 Å². The lowest BCUT2D eigenvalue weighted by atomic mass is 9.93. The summed E-state index contributed by atoms with van der Waals surface area (Å²) in [5.41, 5.74) is 5.26. The van der Waals surface area contributed by atoms with Crippen molar-refractivity contribution in [3.05, 3.63) is 82.7 Å². The predicted molar refractivity (Wildman–Crippen MR) is 96.3 cm³/mol. The van der Waals surface area contributed by atoms with Crippen molar-refractivity contribution in [2.75, 3.05) is 0 Å². The Morgan fingerprint density at radius 1 is 1.08 bits per heavy atom. The summed E-state index contributed by atoms with van der Waals surface area (Å²) in [6, 6.07) is 17.2. The van der Waals surface area contributed by atoms with Crippen molar-refractivity contribution in [3.8, 4) is 0 Å². The maximum atomic E-state index is 13.3. The lowest BCUT2D eigenvalue weighted by Crippen LogP contribution is -2.38. The number of hydrogen-bond donors (Lipinski definition) is 0. The number of aryl methyl sites for hydroxylation is 1. The van der Waals surface area contributed by atoms with E-state index in [4.69, 9.17) is 0 Å². The van der Waals surface area contributed by atoms with E-state index in [1.54, 1.807) is 12.1 Å². The molecule has 0 spiro atoms. The molecule has 2 atom stereocenters. The normalized spacial score (nSPS) is 23.3. The maximum Gasteiger partial charge on any atom is 0.123 e. The summed E-state index contributed by atoms with van der Waals surface area (Å²) in [5.74, 6) is -0.136. The average molecular weight is 321 g/mol. The molecule has 1 nitrogen and oxygen atoms in total. The minimum Gasteiger partial charge on any atom is -0.289 e. The third-order valence-electron chi connectivity index (χ3n) is 5.55. The van der Waals surface area contributed by atoms with Crippen LogP contribution < -0.4 is 0 Å². The molecule has 24 heavy (non-hydrogen) atoms. The summed E-state index contributed by atoms with van der Waals surface area (Å²) in [7, 11) is 0. The summed E-state index contributed by atoms with van der Waals surface area (Å²) >= 11 is 0. The molecule has 2 aromatic carbocycles. The van der Waals surface area contributed by atoms with Gasteiger partial charge in [0.25, 0.3) is 0 Å². The van der Waals surface area contributed by atoms with Crippen LogP contribution >= 0.6 is 0 Å². The highest BCUT2D eigenvalue weighted by atomic mass is 19.1. The van der Waals surface area contributed by atoms with E-state index in [9.17, 15) is 4.39 Å². The Hall–Kier alpha value is -1.93. The Morgan fingerprint density at radius 2 is 1.92 bits per heavy atom. The van der Waals surface area contributed by atoms with Crippen molar-refractivity contribution >= 4 is 0 Å². The molecule has 2 aliphatic rings. The summed E-state index contributed by atoms with van der Waals surface area (Å²) in [4.78, 5) is 2.66. The van der Waals surface area contributed by atoms with Crippen molar-refractivity contribution in [1.82, 2.24) is 4.90 Å². The third kappa shape index (κ3) is 3.16. The van der Waals surface area contributed by atoms with Crippen LogP contribution in [0.15, 0.2) is 60.2 Å². The molecule has 1 fully saturated rings. The van der Waals surface area contributed by atoms with Crippen molar-refractivity contribution in [1.29, 1.82) is 0 Å². The first-order valence-corrected chi connectivity index (χ1v) is 8.93. The number of nitrogens with zero attached hydrogens (tertiary/aromatic N) is 1. The Morgan fingerprint density at radius 3 is 2.67 bits per heavy atom. The molecular weight excluding hydrogens is 297 g/mol. The molecule has 0 saturated carbocycles. The zero-order chi connectivity index (χ0) is 16.5. The third-order valence-corrected chi connectivity index (χ3v) is 5.55. The predicted octanol–water partition coefficient (Wildman–Crippen LogP) is 5.04. The molecule has 0 N–H and O–H groups in total. The Labute approximate surface area is 143 Å². The molecule has 2 aromatic rings. The topological polar surface area (TPSA) is 3.24 Å². The molecule has 2 unspecified atom stereocenters. The van der Waals surface area contributed by atoms with Gasteiger partial charge in [0.05, 0.1) is 0 Å². The molecule has 124 valence electrons. The van der Waals surface area contributed by atoms with Gasteiger partial charge in [0, 0.05) is 18.6 Å². The van der Waals surface area contributed by atoms with E-state index >= 15 is 0 Å². The second-order valence-corrected chi connectivity index (χ2v) is 7.23. The molecule has 1 saturated heterocycles. The van der Waals surface area contributed by atoms with Crippen LogP contribution in [0.4, 0.5) is 4.39 Å². The van der Waals surface area contributed by atoms with E-state index in [2.05, 4.69) is 41.3 Å². The van der Waals surface area contributed by atoms with Gasteiger partial charge in [0.1, 0.15) is 5.82 Å². The summed E-state index contributed by atoms with van der Waals surface area (Å²) in [6.45, 7) is 3.06. The van der Waals surface area contributed by atoms with Crippen LogP contribution in [-0.2, 0) is 13.0 Å². The van der Waals surface area contributed by atoms with Gasteiger partial charge in [-0.25, -0.2) is 4.39 Å². The highest BCUT2D eigenvalue weighted by Crippen LogP contribution is 2.37. The summed E-state index contributed by atoms with van der Waals surface area (Å²) in [6.07, 6.45) is 7.16. The first kappa shape index (κ1) is 15.6. The minimum atomic E-state index is -0.136. The lowest BCUT2D eigenvalue weighted by Gasteiger charge is -2.34. The Kier molecular flexibility index (Phi) is 4.24. The first-order chi connectivity index (χ1) is 11.7. The second-order valence-electron chi connectivity index (χ2n) is 7.23. The van der Waals surface area contributed by atoms with Gasteiger partial charge < -0.3 is 0 Å². The maximum absolute atomic E-state index is 13.3. The molecule has 0 aliphatic carbocycles. The van der Waals surface area contributed by atoms with E-state index in [-0.39, 0.29) is 5.82 Å². The van der Waals surface area contributed by atoms with Gasteiger partial charge in [0.15, 0.2) is 0 Å². The molecule has 4 rings (SSSR count). The van der Waals surface area contributed by atoms with Gasteiger partial charge >= 0.3 is 0 Å². The van der Waals surface area contributed by atoms with E-state index in [0.29, 0.717) is 12.1 Å². The van der Waals surface area contributed by atoms with Gasteiger partial charge in [-0.3, -0.25) is 4.90 Å². The van der Waals surface area contributed by atoms with E-state index < -0.39 is 0 Å². The fraction of sp³-hybridized carbons (Fsp3) is 0.364. The first-order valence-electron chi connectivity index (χ1n) is 8.93. The standard InChI is InChI=1S/C22H24FN/c1-16-11-20(23)8-7-19(16)12-18-13-21-9-10-22(14-18)24(21)15-17-5-3-2-4-6-17/h2-8,11,13,21-22H,9-10,12,14-15H2,1H3. The monoisotopic (exact) mass is 321 g/mol. The Bertz CT molecular complexity index is 750. The molecule has 2 bridgehead atoms. The van der Waals surface area contributed by atoms with Crippen LogP contribution in [0.1, 0.15) is 36.0 Å². The van der Waals surface area contributed by atoms with Crippen molar-refractivity contribution in [3.63, 3.8) is 0 Å². The van der Waals surface area contributed by atoms with E-state index in [0.717, 1.165) is 24.9 Å². The van der Waals surface area contributed by atoms with Crippen LogP contribution in [0.5, 0.6) is 0 Å². The Balaban J connectivity index is 1.49. The molecule has 0 amide bonds. The molecule has 0 aromatic heterocycles. The second kappa shape index (κ2) is 6.52. The van der Waals surface area contributed by atoms with Crippen molar-refractivity contribution in [2.45, 2.75) is 51.2 Å². The van der Waals surface area contributed by atoms with Crippen LogP contribution in [0.3, 0.4) is 0 Å².